The van der Waals surface area contributed by atoms with Gasteiger partial charge in [-0.05, 0) is 26.2 Å². The van der Waals surface area contributed by atoms with E-state index in [4.69, 9.17) is 0 Å². The second kappa shape index (κ2) is 6.05. The topological polar surface area (TPSA) is 32.3 Å². The SMILES string of the molecule is CC(CC1CCCC1)C(=O)N1CCNC(C)C1C. The third-order valence-corrected chi connectivity index (χ3v) is 4.90. The van der Waals surface area contributed by atoms with Gasteiger partial charge in [0.05, 0.1) is 0 Å². The van der Waals surface area contributed by atoms with Crippen LogP contribution in [0.5, 0.6) is 0 Å². The number of amides is 1. The van der Waals surface area contributed by atoms with Crippen LogP contribution < -0.4 is 5.32 Å². The molecule has 0 radical (unpaired) electrons. The number of hydrogen-bond acceptors (Lipinski definition) is 2. The summed E-state index contributed by atoms with van der Waals surface area (Å²) in [6.45, 7) is 8.27. The van der Waals surface area contributed by atoms with E-state index in [0.29, 0.717) is 18.0 Å². The summed E-state index contributed by atoms with van der Waals surface area (Å²) in [5.74, 6) is 1.39. The number of piperazine rings is 1. The zero-order valence-corrected chi connectivity index (χ0v) is 12.1. The second-order valence-electron chi connectivity index (χ2n) is 6.30. The highest BCUT2D eigenvalue weighted by molar-refractivity contribution is 5.79. The van der Waals surface area contributed by atoms with Gasteiger partial charge in [0, 0.05) is 31.1 Å². The van der Waals surface area contributed by atoms with Crippen molar-refractivity contribution in [1.29, 1.82) is 0 Å². The van der Waals surface area contributed by atoms with E-state index in [-0.39, 0.29) is 5.92 Å². The summed E-state index contributed by atoms with van der Waals surface area (Å²) in [5, 5.41) is 3.43. The van der Waals surface area contributed by atoms with Crippen LogP contribution in [0.4, 0.5) is 0 Å². The summed E-state index contributed by atoms with van der Waals surface area (Å²) in [6, 6.07) is 0.749. The van der Waals surface area contributed by atoms with Crippen LogP contribution in [0.1, 0.15) is 52.9 Å². The van der Waals surface area contributed by atoms with Crippen LogP contribution in [-0.2, 0) is 4.79 Å². The van der Waals surface area contributed by atoms with E-state index >= 15 is 0 Å². The van der Waals surface area contributed by atoms with Crippen molar-refractivity contribution in [3.8, 4) is 0 Å². The lowest BCUT2D eigenvalue weighted by Crippen LogP contribution is -2.58. The van der Waals surface area contributed by atoms with E-state index in [1.165, 1.54) is 25.7 Å². The molecule has 104 valence electrons. The summed E-state index contributed by atoms with van der Waals surface area (Å²) in [7, 11) is 0. The van der Waals surface area contributed by atoms with E-state index in [1.807, 2.05) is 0 Å². The highest BCUT2D eigenvalue weighted by atomic mass is 16.2. The lowest BCUT2D eigenvalue weighted by atomic mass is 9.92. The first-order valence-corrected chi connectivity index (χ1v) is 7.63. The summed E-state index contributed by atoms with van der Waals surface area (Å²) in [6.07, 6.45) is 6.51. The summed E-state index contributed by atoms with van der Waals surface area (Å²) < 4.78 is 0. The van der Waals surface area contributed by atoms with Crippen molar-refractivity contribution in [2.24, 2.45) is 11.8 Å². The lowest BCUT2D eigenvalue weighted by molar-refractivity contribution is -0.139. The fraction of sp³-hybridized carbons (Fsp3) is 0.933. The first-order chi connectivity index (χ1) is 8.59. The smallest absolute Gasteiger partial charge is 0.225 e. The number of nitrogens with one attached hydrogen (secondary N) is 1. The Bertz CT molecular complexity index is 286. The highest BCUT2D eigenvalue weighted by Crippen LogP contribution is 2.31. The Morgan fingerprint density at radius 3 is 2.67 bits per heavy atom. The van der Waals surface area contributed by atoms with Crippen LogP contribution in [0.3, 0.4) is 0 Å². The predicted octanol–water partition coefficient (Wildman–Crippen LogP) is 2.41. The molecule has 0 bridgehead atoms. The number of hydrogen-bond donors (Lipinski definition) is 1. The first-order valence-electron chi connectivity index (χ1n) is 7.63. The fourth-order valence-electron chi connectivity index (χ4n) is 3.50. The van der Waals surface area contributed by atoms with Crippen molar-refractivity contribution < 1.29 is 4.79 Å². The maximum absolute atomic E-state index is 12.5. The maximum atomic E-state index is 12.5. The van der Waals surface area contributed by atoms with Crippen LogP contribution in [0, 0.1) is 11.8 Å². The minimum atomic E-state index is 0.209. The van der Waals surface area contributed by atoms with Crippen molar-refractivity contribution in [2.45, 2.75) is 65.0 Å². The Hall–Kier alpha value is -0.570. The van der Waals surface area contributed by atoms with Crippen LogP contribution in [-0.4, -0.2) is 36.0 Å². The fourth-order valence-corrected chi connectivity index (χ4v) is 3.50. The van der Waals surface area contributed by atoms with Crippen molar-refractivity contribution in [3.63, 3.8) is 0 Å². The van der Waals surface area contributed by atoms with Crippen molar-refractivity contribution >= 4 is 5.91 Å². The van der Waals surface area contributed by atoms with Gasteiger partial charge < -0.3 is 10.2 Å². The zero-order valence-electron chi connectivity index (χ0n) is 12.1. The Kier molecular flexibility index (Phi) is 4.66. The van der Waals surface area contributed by atoms with Crippen molar-refractivity contribution in [1.82, 2.24) is 10.2 Å². The highest BCUT2D eigenvalue weighted by Gasteiger charge is 2.31. The third-order valence-electron chi connectivity index (χ3n) is 4.90. The van der Waals surface area contributed by atoms with Gasteiger partial charge in [0.25, 0.3) is 0 Å². The molecule has 1 aliphatic carbocycles. The van der Waals surface area contributed by atoms with Crippen LogP contribution >= 0.6 is 0 Å². The summed E-state index contributed by atoms with van der Waals surface area (Å²) >= 11 is 0. The first kappa shape index (κ1) is 13.9. The van der Waals surface area contributed by atoms with Gasteiger partial charge in [-0.15, -0.1) is 0 Å². The van der Waals surface area contributed by atoms with Gasteiger partial charge in [-0.1, -0.05) is 32.6 Å². The molecule has 0 aromatic rings. The zero-order chi connectivity index (χ0) is 13.1. The number of carbonyl (C=O) groups excluding carboxylic acids is 1. The van der Waals surface area contributed by atoms with Gasteiger partial charge in [0.2, 0.25) is 5.91 Å². The van der Waals surface area contributed by atoms with E-state index in [0.717, 1.165) is 25.4 Å². The minimum absolute atomic E-state index is 0.209. The molecule has 1 saturated carbocycles. The molecule has 0 aromatic heterocycles. The minimum Gasteiger partial charge on any atom is -0.337 e. The number of carbonyl (C=O) groups is 1. The quantitative estimate of drug-likeness (QED) is 0.836. The standard InChI is InChI=1S/C15H28N2O/c1-11(10-14-6-4-5-7-14)15(18)17-9-8-16-12(2)13(17)3/h11-14,16H,4-10H2,1-3H3. The maximum Gasteiger partial charge on any atom is 0.225 e. The summed E-state index contributed by atoms with van der Waals surface area (Å²) in [5.41, 5.74) is 0. The molecule has 3 heteroatoms. The normalized spacial score (nSPS) is 31.6. The van der Waals surface area contributed by atoms with E-state index in [1.54, 1.807) is 0 Å². The van der Waals surface area contributed by atoms with Crippen molar-refractivity contribution in [3.05, 3.63) is 0 Å². The van der Waals surface area contributed by atoms with Gasteiger partial charge in [-0.25, -0.2) is 0 Å². The molecule has 18 heavy (non-hydrogen) atoms. The van der Waals surface area contributed by atoms with Gasteiger partial charge in [-0.2, -0.15) is 0 Å². The molecular weight excluding hydrogens is 224 g/mol. The molecule has 0 aromatic carbocycles. The van der Waals surface area contributed by atoms with Gasteiger partial charge in [0.1, 0.15) is 0 Å². The van der Waals surface area contributed by atoms with Crippen LogP contribution in [0.2, 0.25) is 0 Å². The van der Waals surface area contributed by atoms with Crippen LogP contribution in [0.15, 0.2) is 0 Å². The molecule has 1 heterocycles. The van der Waals surface area contributed by atoms with E-state index in [2.05, 4.69) is 31.0 Å². The van der Waals surface area contributed by atoms with E-state index in [9.17, 15) is 4.79 Å². The molecule has 2 rings (SSSR count). The molecule has 1 amide bonds. The Balaban J connectivity index is 1.88. The van der Waals surface area contributed by atoms with Gasteiger partial charge >= 0.3 is 0 Å². The average Bonchev–Trinajstić information content (AvgIpc) is 2.84. The molecule has 1 aliphatic heterocycles. The molecule has 1 N–H and O–H groups in total. The average molecular weight is 252 g/mol. The number of rotatable bonds is 3. The monoisotopic (exact) mass is 252 g/mol. The van der Waals surface area contributed by atoms with Gasteiger partial charge in [-0.3, -0.25) is 4.79 Å². The lowest BCUT2D eigenvalue weighted by Gasteiger charge is -2.40. The molecular formula is C15H28N2O. The molecule has 2 aliphatic rings. The Morgan fingerprint density at radius 1 is 1.33 bits per heavy atom. The Morgan fingerprint density at radius 2 is 2.00 bits per heavy atom. The molecule has 0 spiro atoms. The second-order valence-corrected chi connectivity index (χ2v) is 6.30. The molecule has 3 nitrogen and oxygen atoms in total. The molecule has 3 atom stereocenters. The van der Waals surface area contributed by atoms with Crippen LogP contribution in [0.25, 0.3) is 0 Å². The third kappa shape index (κ3) is 3.05. The Labute approximate surface area is 111 Å². The molecule has 3 unspecified atom stereocenters. The number of nitrogens with zero attached hydrogens (tertiary/aromatic N) is 1. The predicted molar refractivity (Wildman–Crippen MR) is 74.4 cm³/mol. The van der Waals surface area contributed by atoms with Crippen molar-refractivity contribution in [2.75, 3.05) is 13.1 Å². The summed E-state index contributed by atoms with van der Waals surface area (Å²) in [4.78, 5) is 14.6. The largest absolute Gasteiger partial charge is 0.337 e. The van der Waals surface area contributed by atoms with Gasteiger partial charge in [0.15, 0.2) is 0 Å². The van der Waals surface area contributed by atoms with E-state index < -0.39 is 0 Å². The molecule has 1 saturated heterocycles. The molecule has 2 fully saturated rings.